The highest BCUT2D eigenvalue weighted by atomic mass is 35.5. The van der Waals surface area contributed by atoms with Crippen LogP contribution in [0.4, 0.5) is 18.0 Å². The van der Waals surface area contributed by atoms with Crippen molar-refractivity contribution in [1.82, 2.24) is 9.58 Å². The van der Waals surface area contributed by atoms with Gasteiger partial charge in [0.05, 0.1) is 12.6 Å². The molecule has 13 heteroatoms. The number of thioether (sulfide) groups is 1. The number of hydrogen-bond acceptors (Lipinski definition) is 7. The van der Waals surface area contributed by atoms with Crippen molar-refractivity contribution in [1.29, 1.82) is 0 Å². The number of fused-ring (bicyclic) bond motifs is 3. The number of nitrogens with zero attached hydrogens (tertiary/aromatic N) is 3. The van der Waals surface area contributed by atoms with E-state index >= 15 is 0 Å². The number of carbonyl (C=O) groups is 2. The molecule has 0 aliphatic carbocycles. The first-order valence-corrected chi connectivity index (χ1v) is 14.5. The standard InChI is InChI=1S/C29H27ClF3N3O5S/c1-16(2)13-40-28(39)41-26-22(37)11-12-35-25(26)27(38)34(17(3)29(31,32)33)15-36(35)24-18-8-6-9-21(30)20(18)14-42-23-10-5-4-7-19(23)24/h4-12,16-17,24H,13-15H2,1-3H3/t17-,24+/m1/s1. The Balaban J connectivity index is 1.74. The van der Waals surface area contributed by atoms with Gasteiger partial charge in [-0.2, -0.15) is 13.2 Å². The lowest BCUT2D eigenvalue weighted by molar-refractivity contribution is -0.173. The van der Waals surface area contributed by atoms with Crippen LogP contribution < -0.4 is 15.2 Å². The summed E-state index contributed by atoms with van der Waals surface area (Å²) < 4.78 is 53.9. The fourth-order valence-corrected chi connectivity index (χ4v) is 6.40. The molecule has 5 rings (SSSR count). The second-order valence-electron chi connectivity index (χ2n) is 10.4. The molecule has 0 saturated heterocycles. The van der Waals surface area contributed by atoms with Gasteiger partial charge >= 0.3 is 12.3 Å². The van der Waals surface area contributed by atoms with Crippen molar-refractivity contribution in [2.75, 3.05) is 18.3 Å². The summed E-state index contributed by atoms with van der Waals surface area (Å²) >= 11 is 8.15. The Morgan fingerprint density at radius 2 is 1.79 bits per heavy atom. The Hall–Kier alpha value is -3.64. The molecule has 2 aliphatic heterocycles. The van der Waals surface area contributed by atoms with Crippen molar-refractivity contribution in [3.63, 3.8) is 0 Å². The topological polar surface area (TPSA) is 81.1 Å². The van der Waals surface area contributed by atoms with Crippen molar-refractivity contribution in [2.24, 2.45) is 5.92 Å². The Labute approximate surface area is 248 Å². The summed E-state index contributed by atoms with van der Waals surface area (Å²) in [7, 11) is 0. The largest absolute Gasteiger partial charge is 0.514 e. The summed E-state index contributed by atoms with van der Waals surface area (Å²) in [6.07, 6.45) is -4.74. The molecule has 0 saturated carbocycles. The number of halogens is 4. The highest BCUT2D eigenvalue weighted by molar-refractivity contribution is 7.98. The van der Waals surface area contributed by atoms with E-state index in [0.717, 1.165) is 34.6 Å². The minimum atomic E-state index is -4.78. The van der Waals surface area contributed by atoms with Crippen molar-refractivity contribution >= 4 is 35.4 Å². The summed E-state index contributed by atoms with van der Waals surface area (Å²) in [5.74, 6) is -1.39. The lowest BCUT2D eigenvalue weighted by Crippen LogP contribution is -2.60. The summed E-state index contributed by atoms with van der Waals surface area (Å²) in [5.41, 5.74) is 0.884. The first-order valence-electron chi connectivity index (χ1n) is 13.1. The lowest BCUT2D eigenvalue weighted by atomic mass is 9.94. The van der Waals surface area contributed by atoms with E-state index in [2.05, 4.69) is 0 Å². The fourth-order valence-electron chi connectivity index (χ4n) is 4.93. The van der Waals surface area contributed by atoms with Gasteiger partial charge in [-0.05, 0) is 41.7 Å². The Morgan fingerprint density at radius 1 is 1.07 bits per heavy atom. The van der Waals surface area contributed by atoms with E-state index in [9.17, 15) is 27.6 Å². The van der Waals surface area contributed by atoms with Gasteiger partial charge in [-0.25, -0.2) is 4.79 Å². The average molecular weight is 622 g/mol. The van der Waals surface area contributed by atoms with Crippen LogP contribution in [-0.2, 0) is 10.5 Å². The minimum Gasteiger partial charge on any atom is -0.434 e. The molecular weight excluding hydrogens is 595 g/mol. The molecule has 1 amide bonds. The zero-order valence-corrected chi connectivity index (χ0v) is 24.4. The normalized spacial score (nSPS) is 17.2. The first-order chi connectivity index (χ1) is 19.9. The van der Waals surface area contributed by atoms with Gasteiger partial charge < -0.3 is 14.4 Å². The van der Waals surface area contributed by atoms with E-state index in [4.69, 9.17) is 21.1 Å². The molecule has 222 valence electrons. The van der Waals surface area contributed by atoms with E-state index in [1.807, 2.05) is 30.3 Å². The SMILES string of the molecule is CC(C)COC(=O)Oc1c2n(ccc1=O)N([C@@H]1c3ccccc3SCc3c(Cl)cccc31)CN([C@H](C)C(F)(F)F)C2=O. The predicted molar refractivity (Wildman–Crippen MR) is 152 cm³/mol. The zero-order chi connectivity index (χ0) is 30.3. The van der Waals surface area contributed by atoms with Crippen LogP contribution in [0.1, 0.15) is 54.0 Å². The van der Waals surface area contributed by atoms with E-state index in [1.165, 1.54) is 22.6 Å². The van der Waals surface area contributed by atoms with Crippen molar-refractivity contribution in [3.05, 3.63) is 92.4 Å². The maximum atomic E-state index is 14.1. The number of hydrogen-bond donors (Lipinski definition) is 0. The van der Waals surface area contributed by atoms with Crippen LogP contribution in [0.3, 0.4) is 0 Å². The highest BCUT2D eigenvalue weighted by Crippen LogP contribution is 2.45. The quantitative estimate of drug-likeness (QED) is 0.306. The maximum Gasteiger partial charge on any atom is 0.514 e. The van der Waals surface area contributed by atoms with Gasteiger partial charge in [0.2, 0.25) is 11.2 Å². The number of benzene rings is 2. The predicted octanol–water partition coefficient (Wildman–Crippen LogP) is 6.37. The van der Waals surface area contributed by atoms with Gasteiger partial charge in [0.25, 0.3) is 5.91 Å². The Kier molecular flexibility index (Phi) is 8.21. The molecule has 0 radical (unpaired) electrons. The third-order valence-corrected chi connectivity index (χ3v) is 8.54. The summed E-state index contributed by atoms with van der Waals surface area (Å²) in [6.45, 7) is 3.92. The summed E-state index contributed by atoms with van der Waals surface area (Å²) in [4.78, 5) is 40.7. The summed E-state index contributed by atoms with van der Waals surface area (Å²) in [5, 5.41) is 2.04. The molecule has 2 aromatic carbocycles. The van der Waals surface area contributed by atoms with Gasteiger partial charge in [0.1, 0.15) is 12.7 Å². The van der Waals surface area contributed by atoms with E-state index in [0.29, 0.717) is 15.7 Å². The number of aromatic nitrogens is 1. The first kappa shape index (κ1) is 29.8. The van der Waals surface area contributed by atoms with Gasteiger partial charge in [0.15, 0.2) is 5.69 Å². The molecule has 0 unspecified atom stereocenters. The highest BCUT2D eigenvalue weighted by Gasteiger charge is 2.48. The molecule has 2 atom stereocenters. The third-order valence-electron chi connectivity index (χ3n) is 7.07. The Bertz CT molecular complexity index is 1600. The van der Waals surface area contributed by atoms with Crippen LogP contribution in [0.5, 0.6) is 5.75 Å². The van der Waals surface area contributed by atoms with Crippen LogP contribution in [0, 0.1) is 5.92 Å². The number of pyridine rings is 1. The van der Waals surface area contributed by atoms with Crippen molar-refractivity contribution < 1.29 is 32.2 Å². The van der Waals surface area contributed by atoms with Crippen LogP contribution in [0.25, 0.3) is 0 Å². The lowest BCUT2D eigenvalue weighted by Gasteiger charge is -2.46. The smallest absolute Gasteiger partial charge is 0.434 e. The Morgan fingerprint density at radius 3 is 2.50 bits per heavy atom. The number of alkyl halides is 3. The van der Waals surface area contributed by atoms with Gasteiger partial charge in [-0.3, -0.25) is 19.3 Å². The van der Waals surface area contributed by atoms with Crippen LogP contribution in [0.2, 0.25) is 5.02 Å². The molecule has 0 bridgehead atoms. The van der Waals surface area contributed by atoms with Gasteiger partial charge in [-0.15, -0.1) is 11.8 Å². The second kappa shape index (κ2) is 11.6. The molecule has 1 aromatic heterocycles. The zero-order valence-electron chi connectivity index (χ0n) is 22.9. The molecule has 8 nitrogen and oxygen atoms in total. The van der Waals surface area contributed by atoms with Crippen LogP contribution in [0.15, 0.2) is 64.4 Å². The number of ether oxygens (including phenoxy) is 2. The number of rotatable bonds is 5. The molecule has 42 heavy (non-hydrogen) atoms. The molecule has 0 fully saturated rings. The number of amides is 1. The van der Waals surface area contributed by atoms with Crippen LogP contribution >= 0.6 is 23.4 Å². The summed E-state index contributed by atoms with van der Waals surface area (Å²) in [6, 6.07) is 10.9. The van der Waals surface area contributed by atoms with E-state index in [-0.39, 0.29) is 12.5 Å². The van der Waals surface area contributed by atoms with Gasteiger partial charge in [0, 0.05) is 27.9 Å². The maximum absolute atomic E-state index is 14.1. The molecule has 3 aromatic rings. The molecule has 0 N–H and O–H groups in total. The molecule has 2 aliphatic rings. The number of carbonyl (C=O) groups excluding carboxylic acids is 2. The average Bonchev–Trinajstić information content (AvgIpc) is 3.10. The monoisotopic (exact) mass is 621 g/mol. The second-order valence-corrected chi connectivity index (χ2v) is 11.8. The van der Waals surface area contributed by atoms with E-state index in [1.54, 1.807) is 31.0 Å². The van der Waals surface area contributed by atoms with Crippen molar-refractivity contribution in [2.45, 2.75) is 49.7 Å². The third kappa shape index (κ3) is 5.57. The van der Waals surface area contributed by atoms with Crippen LogP contribution in [-0.4, -0.2) is 47.1 Å². The van der Waals surface area contributed by atoms with Gasteiger partial charge in [-0.1, -0.05) is 55.8 Å². The molecular formula is C29H27ClF3N3O5S. The van der Waals surface area contributed by atoms with E-state index < -0.39 is 53.9 Å². The molecule has 3 heterocycles. The minimum absolute atomic E-state index is 0.0272. The fraction of sp³-hybridized carbons (Fsp3) is 0.345. The molecule has 0 spiro atoms. The van der Waals surface area contributed by atoms with Crippen molar-refractivity contribution in [3.8, 4) is 5.75 Å².